The van der Waals surface area contributed by atoms with E-state index in [1.165, 1.54) is 30.1 Å². The van der Waals surface area contributed by atoms with Crippen LogP contribution >= 0.6 is 23.9 Å². The molecule has 208 valence electrons. The number of anilines is 4. The van der Waals surface area contributed by atoms with Gasteiger partial charge in [-0.1, -0.05) is 43.8 Å². The highest BCUT2D eigenvalue weighted by atomic mass is 32.2. The molecule has 6 nitrogen and oxygen atoms in total. The van der Waals surface area contributed by atoms with Gasteiger partial charge in [0.2, 0.25) is 0 Å². The molecule has 0 aromatic heterocycles. The van der Waals surface area contributed by atoms with Crippen LogP contribution in [0.1, 0.15) is 38.7 Å². The number of amidine groups is 1. The second-order valence-corrected chi connectivity index (χ2v) is 11.0. The lowest BCUT2D eigenvalue weighted by Crippen LogP contribution is -2.18. The van der Waals surface area contributed by atoms with E-state index >= 15 is 4.39 Å². The smallest absolute Gasteiger partial charge is 0.173 e. The molecule has 4 rings (SSSR count). The Kier molecular flexibility index (Phi) is 10.3. The van der Waals surface area contributed by atoms with Crippen LogP contribution in [0.25, 0.3) is 0 Å². The molecule has 2 aliphatic rings. The SMILES string of the molecule is CCCSNc1ccc(F)c(NC2=NC3C=C(Nc4c(F)ccc(NSCCC)c4F)C=CC(C3)N=C2)c1C. The summed E-state index contributed by atoms with van der Waals surface area (Å²) in [5, 5.41) is 6.01. The zero-order valence-corrected chi connectivity index (χ0v) is 23.8. The average Bonchev–Trinajstić information content (AvgIpc) is 3.24. The van der Waals surface area contributed by atoms with Crippen molar-refractivity contribution in [2.24, 2.45) is 9.98 Å². The average molecular weight is 575 g/mol. The number of fused-ring (bicyclic) bond motifs is 2. The largest absolute Gasteiger partial charge is 0.351 e. The molecular weight excluding hydrogens is 541 g/mol. The lowest BCUT2D eigenvalue weighted by atomic mass is 10.1. The molecule has 0 fully saturated rings. The number of hydrogen-bond donors (Lipinski definition) is 4. The first kappa shape index (κ1) is 28.9. The second kappa shape index (κ2) is 13.8. The van der Waals surface area contributed by atoms with Crippen LogP contribution in [0.3, 0.4) is 0 Å². The van der Waals surface area contributed by atoms with E-state index in [9.17, 15) is 8.78 Å². The highest BCUT2D eigenvalue weighted by molar-refractivity contribution is 8.00. The molecule has 2 unspecified atom stereocenters. The molecule has 2 aromatic carbocycles. The van der Waals surface area contributed by atoms with Crippen LogP contribution in [0.15, 0.2) is 58.2 Å². The summed E-state index contributed by atoms with van der Waals surface area (Å²) in [6.07, 6.45) is 9.56. The van der Waals surface area contributed by atoms with Gasteiger partial charge >= 0.3 is 0 Å². The molecule has 0 amide bonds. The molecule has 0 radical (unpaired) electrons. The Morgan fingerprint density at radius 3 is 2.26 bits per heavy atom. The van der Waals surface area contributed by atoms with Gasteiger partial charge in [-0.25, -0.2) is 13.2 Å². The Labute approximate surface area is 236 Å². The summed E-state index contributed by atoms with van der Waals surface area (Å²) in [6.45, 7) is 5.97. The van der Waals surface area contributed by atoms with Crippen LogP contribution in [0.4, 0.5) is 35.9 Å². The van der Waals surface area contributed by atoms with E-state index in [0.29, 0.717) is 23.6 Å². The summed E-state index contributed by atoms with van der Waals surface area (Å²) in [5.41, 5.74) is 2.35. The Morgan fingerprint density at radius 1 is 0.872 bits per heavy atom. The van der Waals surface area contributed by atoms with Gasteiger partial charge in [0.05, 0.1) is 29.7 Å². The molecule has 2 bridgehead atoms. The van der Waals surface area contributed by atoms with Gasteiger partial charge < -0.3 is 20.1 Å². The maximum atomic E-state index is 15.1. The lowest BCUT2D eigenvalue weighted by Gasteiger charge is -2.16. The summed E-state index contributed by atoms with van der Waals surface area (Å²) in [7, 11) is 0. The van der Waals surface area contributed by atoms with Gasteiger partial charge in [0.25, 0.3) is 0 Å². The topological polar surface area (TPSA) is 72.8 Å². The monoisotopic (exact) mass is 574 g/mol. The van der Waals surface area contributed by atoms with E-state index in [4.69, 9.17) is 4.99 Å². The summed E-state index contributed by atoms with van der Waals surface area (Å²) >= 11 is 2.94. The Bertz CT molecular complexity index is 1200. The van der Waals surface area contributed by atoms with Gasteiger partial charge in [-0.05, 0) is 68.2 Å². The van der Waals surface area contributed by atoms with Crippen LogP contribution in [-0.2, 0) is 0 Å². The first-order valence-electron chi connectivity index (χ1n) is 13.0. The number of rotatable bonds is 11. The highest BCUT2D eigenvalue weighted by Gasteiger charge is 2.22. The molecule has 0 saturated carbocycles. The maximum Gasteiger partial charge on any atom is 0.173 e. The summed E-state index contributed by atoms with van der Waals surface area (Å²) in [5.74, 6) is 0.354. The minimum atomic E-state index is -0.697. The molecule has 39 heavy (non-hydrogen) atoms. The van der Waals surface area contributed by atoms with E-state index in [0.717, 1.165) is 35.6 Å². The zero-order chi connectivity index (χ0) is 27.8. The molecule has 1 aliphatic heterocycles. The standard InChI is InChI=1S/C28H33F3N6S2/c1-4-12-38-36-23-10-8-21(29)27(17(23)3)35-25-16-32-18-6-7-19(15-20(14-18)33-25)34-28-22(30)9-11-24(26(28)31)37-39-13-5-2/h6-11,15-16,18,20,34,36-37H,4-5,12-14H2,1-3H3,(H,33,35). The Hall–Kier alpha value is -3.05. The van der Waals surface area contributed by atoms with Gasteiger partial charge in [0, 0.05) is 22.9 Å². The predicted molar refractivity (Wildman–Crippen MR) is 163 cm³/mol. The molecule has 4 N–H and O–H groups in total. The van der Waals surface area contributed by atoms with Crippen molar-refractivity contribution in [3.8, 4) is 0 Å². The van der Waals surface area contributed by atoms with E-state index < -0.39 is 17.5 Å². The van der Waals surface area contributed by atoms with Crippen molar-refractivity contribution in [3.63, 3.8) is 0 Å². The van der Waals surface area contributed by atoms with Crippen molar-refractivity contribution in [1.82, 2.24) is 0 Å². The van der Waals surface area contributed by atoms with Gasteiger partial charge in [-0.3, -0.25) is 9.98 Å². The molecule has 0 saturated heterocycles. The van der Waals surface area contributed by atoms with Crippen molar-refractivity contribution in [3.05, 3.63) is 71.2 Å². The normalized spacial score (nSPS) is 18.1. The van der Waals surface area contributed by atoms with E-state index in [2.05, 4.69) is 32.0 Å². The van der Waals surface area contributed by atoms with Crippen molar-refractivity contribution in [2.75, 3.05) is 31.6 Å². The van der Waals surface area contributed by atoms with Gasteiger partial charge in [0.15, 0.2) is 5.82 Å². The molecule has 1 aliphatic carbocycles. The van der Waals surface area contributed by atoms with E-state index in [1.54, 1.807) is 36.4 Å². The fourth-order valence-electron chi connectivity index (χ4n) is 4.02. The quantitative estimate of drug-likeness (QED) is 0.161. The number of halogens is 3. The van der Waals surface area contributed by atoms with Gasteiger partial charge in [-0.2, -0.15) is 0 Å². The minimum Gasteiger partial charge on any atom is -0.351 e. The first-order valence-corrected chi connectivity index (χ1v) is 14.9. The third-order valence-corrected chi connectivity index (χ3v) is 8.00. The van der Waals surface area contributed by atoms with E-state index in [-0.39, 0.29) is 23.5 Å². The molecule has 0 spiro atoms. The number of aliphatic imine (C=N–C) groups is 2. The lowest BCUT2D eigenvalue weighted by molar-refractivity contribution is 0.593. The Morgan fingerprint density at radius 2 is 1.54 bits per heavy atom. The third-order valence-electron chi connectivity index (χ3n) is 6.05. The van der Waals surface area contributed by atoms with Crippen molar-refractivity contribution in [2.45, 2.75) is 52.1 Å². The Balaban J connectivity index is 1.55. The molecule has 2 atom stereocenters. The molecule has 1 heterocycles. The predicted octanol–water partition coefficient (Wildman–Crippen LogP) is 7.94. The third kappa shape index (κ3) is 7.54. The fourth-order valence-corrected chi connectivity index (χ4v) is 5.32. The van der Waals surface area contributed by atoms with Crippen molar-refractivity contribution < 1.29 is 13.2 Å². The molecule has 2 aromatic rings. The van der Waals surface area contributed by atoms with Crippen LogP contribution in [-0.4, -0.2) is 35.6 Å². The fraction of sp³-hybridized carbons (Fsp3) is 0.357. The van der Waals surface area contributed by atoms with Gasteiger partial charge in [-0.15, -0.1) is 0 Å². The number of nitrogens with zero attached hydrogens (tertiary/aromatic N) is 2. The zero-order valence-electron chi connectivity index (χ0n) is 22.2. The maximum absolute atomic E-state index is 15.1. The highest BCUT2D eigenvalue weighted by Crippen LogP contribution is 2.31. The number of nitrogens with one attached hydrogen (secondary N) is 4. The summed E-state index contributed by atoms with van der Waals surface area (Å²) in [6, 6.07) is 5.21. The van der Waals surface area contributed by atoms with Crippen LogP contribution < -0.4 is 20.1 Å². The van der Waals surface area contributed by atoms with Crippen molar-refractivity contribution in [1.29, 1.82) is 0 Å². The van der Waals surface area contributed by atoms with Crippen LogP contribution in [0.5, 0.6) is 0 Å². The van der Waals surface area contributed by atoms with Gasteiger partial charge in [0.1, 0.15) is 23.2 Å². The number of hydrogen-bond acceptors (Lipinski definition) is 8. The number of allylic oxidation sites excluding steroid dienone is 1. The molecule has 11 heteroatoms. The van der Waals surface area contributed by atoms with E-state index in [1.807, 2.05) is 19.9 Å². The van der Waals surface area contributed by atoms with Crippen LogP contribution in [0, 0.1) is 24.4 Å². The summed E-state index contributed by atoms with van der Waals surface area (Å²) in [4.78, 5) is 9.33. The first-order chi connectivity index (χ1) is 18.9. The summed E-state index contributed by atoms with van der Waals surface area (Å²) < 4.78 is 50.8. The van der Waals surface area contributed by atoms with Crippen LogP contribution in [0.2, 0.25) is 0 Å². The molecular formula is C28H33F3N6S2. The van der Waals surface area contributed by atoms with Crippen molar-refractivity contribution >= 4 is 58.7 Å². The second-order valence-electron chi connectivity index (χ2n) is 9.17. The number of benzene rings is 2. The minimum absolute atomic E-state index is 0.189.